The number of hydrogen-bond acceptors (Lipinski definition) is 5. The average molecular weight is 335 g/mol. The molecule has 0 spiro atoms. The number of amides is 1. The predicted octanol–water partition coefficient (Wildman–Crippen LogP) is 2.84. The summed E-state index contributed by atoms with van der Waals surface area (Å²) in [5, 5.41) is 0. The van der Waals surface area contributed by atoms with E-state index >= 15 is 0 Å². The summed E-state index contributed by atoms with van der Waals surface area (Å²) >= 11 is 0. The molecular formula is C19H17N3O3. The van der Waals surface area contributed by atoms with Crippen molar-refractivity contribution in [2.45, 2.75) is 13.0 Å². The lowest BCUT2D eigenvalue weighted by Gasteiger charge is -2.21. The Morgan fingerprint density at radius 3 is 2.40 bits per heavy atom. The number of fused-ring (bicyclic) bond motifs is 1. The first-order valence-corrected chi connectivity index (χ1v) is 7.80. The summed E-state index contributed by atoms with van der Waals surface area (Å²) < 4.78 is 5.31. The Kier molecular flexibility index (Phi) is 4.70. The molecule has 0 N–H and O–H groups in total. The topological polar surface area (TPSA) is 72.4 Å². The number of anilines is 1. The van der Waals surface area contributed by atoms with E-state index in [2.05, 4.69) is 9.97 Å². The quantitative estimate of drug-likeness (QED) is 0.686. The Balaban J connectivity index is 1.71. The number of nitrogens with zero attached hydrogens (tertiary/aromatic N) is 3. The molecule has 3 aromatic rings. The predicted molar refractivity (Wildman–Crippen MR) is 94.3 cm³/mol. The Morgan fingerprint density at radius 1 is 1.00 bits per heavy atom. The first-order chi connectivity index (χ1) is 12.1. The number of carbonyl (C=O) groups excluding carboxylic acids is 2. The lowest BCUT2D eigenvalue weighted by Crippen LogP contribution is -2.37. The van der Waals surface area contributed by atoms with Crippen LogP contribution < -0.4 is 4.90 Å². The average Bonchev–Trinajstić information content (AvgIpc) is 2.67. The zero-order valence-electron chi connectivity index (χ0n) is 13.9. The molecule has 0 fully saturated rings. The first kappa shape index (κ1) is 16.6. The molecule has 0 aliphatic carbocycles. The standard InChI is InChI=1S/C19H17N3O3/c1-13(18(23)22(2)15-6-4-3-5-7-15)25-19(24)14-8-9-16-17(12-14)21-11-10-20-16/h3-13H,1-2H3/t13-/m0/s1. The first-order valence-electron chi connectivity index (χ1n) is 7.80. The van der Waals surface area contributed by atoms with E-state index in [1.165, 1.54) is 4.90 Å². The van der Waals surface area contributed by atoms with Gasteiger partial charge in [0.2, 0.25) is 0 Å². The van der Waals surface area contributed by atoms with Gasteiger partial charge in [-0.25, -0.2) is 4.79 Å². The van der Waals surface area contributed by atoms with Crippen LogP contribution in [0.5, 0.6) is 0 Å². The summed E-state index contributed by atoms with van der Waals surface area (Å²) in [5.41, 5.74) is 2.34. The van der Waals surface area contributed by atoms with Crippen LogP contribution in [-0.2, 0) is 9.53 Å². The van der Waals surface area contributed by atoms with E-state index in [-0.39, 0.29) is 5.91 Å². The van der Waals surface area contributed by atoms with Gasteiger partial charge in [0.25, 0.3) is 5.91 Å². The molecule has 3 rings (SSSR count). The fourth-order valence-electron chi connectivity index (χ4n) is 2.42. The molecule has 2 aromatic carbocycles. The summed E-state index contributed by atoms with van der Waals surface area (Å²) in [6, 6.07) is 14.1. The minimum atomic E-state index is -0.907. The number of para-hydroxylation sites is 1. The highest BCUT2D eigenvalue weighted by Crippen LogP contribution is 2.15. The Bertz CT molecular complexity index is 912. The molecule has 0 radical (unpaired) electrons. The highest BCUT2D eigenvalue weighted by molar-refractivity contribution is 5.99. The van der Waals surface area contributed by atoms with Crippen molar-refractivity contribution in [3.63, 3.8) is 0 Å². The normalized spacial score (nSPS) is 11.8. The second-order valence-electron chi connectivity index (χ2n) is 5.54. The Labute approximate surface area is 145 Å². The van der Waals surface area contributed by atoms with Gasteiger partial charge in [0.15, 0.2) is 6.10 Å². The van der Waals surface area contributed by atoms with E-state index in [4.69, 9.17) is 4.74 Å². The smallest absolute Gasteiger partial charge is 0.338 e. The lowest BCUT2D eigenvalue weighted by molar-refractivity contribution is -0.126. The van der Waals surface area contributed by atoms with Crippen molar-refractivity contribution in [1.82, 2.24) is 9.97 Å². The number of hydrogen-bond donors (Lipinski definition) is 0. The van der Waals surface area contributed by atoms with Crippen LogP contribution in [0.1, 0.15) is 17.3 Å². The number of esters is 1. The van der Waals surface area contributed by atoms with Crippen molar-refractivity contribution in [2.75, 3.05) is 11.9 Å². The number of carbonyl (C=O) groups is 2. The molecule has 0 aliphatic rings. The molecule has 6 nitrogen and oxygen atoms in total. The van der Waals surface area contributed by atoms with Crippen molar-refractivity contribution < 1.29 is 14.3 Å². The second-order valence-corrected chi connectivity index (χ2v) is 5.54. The molecule has 0 saturated heterocycles. The molecule has 6 heteroatoms. The second kappa shape index (κ2) is 7.09. The monoisotopic (exact) mass is 335 g/mol. The van der Waals surface area contributed by atoms with Crippen LogP contribution >= 0.6 is 0 Å². The van der Waals surface area contributed by atoms with Gasteiger partial charge in [0.05, 0.1) is 16.6 Å². The van der Waals surface area contributed by atoms with Gasteiger partial charge < -0.3 is 9.64 Å². The highest BCUT2D eigenvalue weighted by Gasteiger charge is 2.23. The van der Waals surface area contributed by atoms with Gasteiger partial charge in [-0.15, -0.1) is 0 Å². The van der Waals surface area contributed by atoms with E-state index in [1.54, 1.807) is 44.6 Å². The number of likely N-dealkylation sites (N-methyl/N-ethyl adjacent to an activating group) is 1. The van der Waals surface area contributed by atoms with Gasteiger partial charge in [0.1, 0.15) is 0 Å². The molecular weight excluding hydrogens is 318 g/mol. The van der Waals surface area contributed by atoms with Gasteiger partial charge in [-0.1, -0.05) is 18.2 Å². The van der Waals surface area contributed by atoms with E-state index in [9.17, 15) is 9.59 Å². The van der Waals surface area contributed by atoms with Gasteiger partial charge in [-0.3, -0.25) is 14.8 Å². The molecule has 0 saturated carbocycles. The summed E-state index contributed by atoms with van der Waals surface area (Å²) in [5.74, 6) is -0.880. The van der Waals surface area contributed by atoms with E-state index in [0.717, 1.165) is 5.69 Å². The molecule has 1 atom stereocenters. The zero-order chi connectivity index (χ0) is 17.8. The number of aromatic nitrogens is 2. The Hall–Kier alpha value is -3.28. The summed E-state index contributed by atoms with van der Waals surface area (Å²) in [6.45, 7) is 1.56. The summed E-state index contributed by atoms with van der Waals surface area (Å²) in [4.78, 5) is 34.5. The van der Waals surface area contributed by atoms with Gasteiger partial charge >= 0.3 is 5.97 Å². The van der Waals surface area contributed by atoms with Crippen molar-refractivity contribution in [2.24, 2.45) is 0 Å². The molecule has 1 amide bonds. The maximum absolute atomic E-state index is 12.4. The van der Waals surface area contributed by atoms with E-state index < -0.39 is 12.1 Å². The van der Waals surface area contributed by atoms with Gasteiger partial charge in [-0.05, 0) is 37.3 Å². The number of benzene rings is 2. The van der Waals surface area contributed by atoms with Crippen molar-refractivity contribution >= 4 is 28.6 Å². The van der Waals surface area contributed by atoms with Gasteiger partial charge in [-0.2, -0.15) is 0 Å². The highest BCUT2D eigenvalue weighted by atomic mass is 16.5. The van der Waals surface area contributed by atoms with Crippen LogP contribution in [0.3, 0.4) is 0 Å². The molecule has 0 bridgehead atoms. The molecule has 0 aliphatic heterocycles. The maximum atomic E-state index is 12.4. The molecule has 1 aromatic heterocycles. The molecule has 0 unspecified atom stereocenters. The van der Waals surface area contributed by atoms with Crippen LogP contribution in [0.25, 0.3) is 11.0 Å². The Morgan fingerprint density at radius 2 is 1.68 bits per heavy atom. The third-order valence-electron chi connectivity index (χ3n) is 3.81. The fraction of sp³-hybridized carbons (Fsp3) is 0.158. The molecule has 126 valence electrons. The largest absolute Gasteiger partial charge is 0.449 e. The van der Waals surface area contributed by atoms with E-state index in [1.807, 2.05) is 30.3 Å². The van der Waals surface area contributed by atoms with Crippen molar-refractivity contribution in [3.8, 4) is 0 Å². The van der Waals surface area contributed by atoms with Crippen LogP contribution in [0.4, 0.5) is 5.69 Å². The third kappa shape index (κ3) is 3.63. The summed E-state index contributed by atoms with van der Waals surface area (Å²) in [7, 11) is 1.65. The van der Waals surface area contributed by atoms with Crippen LogP contribution in [0, 0.1) is 0 Å². The SMILES string of the molecule is C[C@H](OC(=O)c1ccc2nccnc2c1)C(=O)N(C)c1ccccc1. The van der Waals surface area contributed by atoms with E-state index in [0.29, 0.717) is 16.6 Å². The van der Waals surface area contributed by atoms with Crippen molar-refractivity contribution in [1.29, 1.82) is 0 Å². The van der Waals surface area contributed by atoms with Crippen molar-refractivity contribution in [3.05, 3.63) is 66.5 Å². The molecule has 25 heavy (non-hydrogen) atoms. The third-order valence-corrected chi connectivity index (χ3v) is 3.81. The molecule has 1 heterocycles. The van der Waals surface area contributed by atoms with Crippen LogP contribution in [0.2, 0.25) is 0 Å². The minimum Gasteiger partial charge on any atom is -0.449 e. The van der Waals surface area contributed by atoms with Crippen LogP contribution in [0.15, 0.2) is 60.9 Å². The maximum Gasteiger partial charge on any atom is 0.338 e. The number of rotatable bonds is 4. The fourth-order valence-corrected chi connectivity index (χ4v) is 2.42. The minimum absolute atomic E-state index is 0.305. The van der Waals surface area contributed by atoms with Gasteiger partial charge in [0, 0.05) is 25.1 Å². The number of ether oxygens (including phenoxy) is 1. The summed E-state index contributed by atoms with van der Waals surface area (Å²) in [6.07, 6.45) is 2.23. The lowest BCUT2D eigenvalue weighted by atomic mass is 10.2. The zero-order valence-corrected chi connectivity index (χ0v) is 13.9. The van der Waals surface area contributed by atoms with Crippen LogP contribution in [-0.4, -0.2) is 35.0 Å².